The molecule has 0 saturated carbocycles. The molecule has 2 rings (SSSR count). The van der Waals surface area contributed by atoms with Gasteiger partial charge >= 0.3 is 0 Å². The lowest BCUT2D eigenvalue weighted by Crippen LogP contribution is -1.92. The summed E-state index contributed by atoms with van der Waals surface area (Å²) in [5.74, 6) is -1.42. The van der Waals surface area contributed by atoms with Crippen LogP contribution in [0.25, 0.3) is 0 Å². The van der Waals surface area contributed by atoms with E-state index < -0.39 is 11.6 Å². The maximum atomic E-state index is 13.6. The number of nitrogens with zero attached hydrogens (tertiary/aromatic N) is 1. The van der Waals surface area contributed by atoms with Gasteiger partial charge in [0.2, 0.25) is 0 Å². The van der Waals surface area contributed by atoms with E-state index >= 15 is 0 Å². The summed E-state index contributed by atoms with van der Waals surface area (Å²) in [5.41, 5.74) is 0.991. The van der Waals surface area contributed by atoms with Gasteiger partial charge in [0.15, 0.2) is 23.1 Å². The lowest BCUT2D eigenvalue weighted by atomic mass is 10.2. The zero-order valence-electron chi connectivity index (χ0n) is 9.58. The van der Waals surface area contributed by atoms with Crippen molar-refractivity contribution < 1.29 is 13.5 Å². The van der Waals surface area contributed by atoms with Gasteiger partial charge in [-0.15, -0.1) is 0 Å². The normalized spacial score (nSPS) is 9.89. The smallest absolute Gasteiger partial charge is 0.167 e. The maximum absolute atomic E-state index is 13.6. The topological polar surface area (TPSA) is 33.0 Å². The molecule has 0 atom stereocenters. The summed E-state index contributed by atoms with van der Waals surface area (Å²) >= 11 is 0. The Kier molecular flexibility index (Phi) is 3.24. The fourth-order valence-corrected chi connectivity index (χ4v) is 1.46. The molecular formula is C14H9F2NO. The number of aryl methyl sites for hydroxylation is 1. The summed E-state index contributed by atoms with van der Waals surface area (Å²) in [4.78, 5) is 0. The molecule has 0 radical (unpaired) electrons. The summed E-state index contributed by atoms with van der Waals surface area (Å²) in [5, 5.41) is 8.61. The second kappa shape index (κ2) is 4.84. The minimum absolute atomic E-state index is 0.0430. The van der Waals surface area contributed by atoms with Crippen molar-refractivity contribution in [1.29, 1.82) is 5.26 Å². The van der Waals surface area contributed by atoms with Crippen molar-refractivity contribution in [2.75, 3.05) is 0 Å². The van der Waals surface area contributed by atoms with E-state index in [0.29, 0.717) is 0 Å². The van der Waals surface area contributed by atoms with Crippen LogP contribution in [-0.4, -0.2) is 0 Å². The van der Waals surface area contributed by atoms with Crippen LogP contribution in [0.15, 0.2) is 36.4 Å². The van der Waals surface area contributed by atoms with E-state index in [0.717, 1.165) is 11.6 Å². The predicted octanol–water partition coefficient (Wildman–Crippen LogP) is 3.94. The van der Waals surface area contributed by atoms with Gasteiger partial charge in [0.25, 0.3) is 0 Å². The first-order valence-corrected chi connectivity index (χ1v) is 5.24. The fourth-order valence-electron chi connectivity index (χ4n) is 1.46. The maximum Gasteiger partial charge on any atom is 0.167 e. The van der Waals surface area contributed by atoms with Crippen molar-refractivity contribution in [2.45, 2.75) is 6.92 Å². The molecule has 0 fully saturated rings. The molecule has 0 aliphatic carbocycles. The van der Waals surface area contributed by atoms with Crippen LogP contribution in [-0.2, 0) is 0 Å². The minimum Gasteiger partial charge on any atom is -0.451 e. The number of nitriles is 1. The SMILES string of the molecule is Cc1ccc(F)c(Oc2ccc(C#N)cc2F)c1. The van der Waals surface area contributed by atoms with E-state index in [9.17, 15) is 8.78 Å². The molecule has 0 bridgehead atoms. The van der Waals surface area contributed by atoms with Crippen LogP contribution in [0.1, 0.15) is 11.1 Å². The van der Waals surface area contributed by atoms with Crippen molar-refractivity contribution >= 4 is 0 Å². The Morgan fingerprint density at radius 1 is 1.00 bits per heavy atom. The Morgan fingerprint density at radius 3 is 2.44 bits per heavy atom. The molecule has 0 spiro atoms. The standard InChI is InChI=1S/C14H9F2NO/c1-9-2-4-11(15)14(6-9)18-13-5-3-10(8-17)7-12(13)16/h2-7H,1H3. The van der Waals surface area contributed by atoms with Crippen LogP contribution in [0, 0.1) is 29.9 Å². The number of hydrogen-bond acceptors (Lipinski definition) is 2. The molecule has 0 saturated heterocycles. The molecule has 0 aromatic heterocycles. The fraction of sp³-hybridized carbons (Fsp3) is 0.0714. The van der Waals surface area contributed by atoms with E-state index in [-0.39, 0.29) is 17.1 Å². The van der Waals surface area contributed by atoms with Crippen molar-refractivity contribution in [3.63, 3.8) is 0 Å². The molecule has 2 nitrogen and oxygen atoms in total. The largest absolute Gasteiger partial charge is 0.451 e. The second-order valence-corrected chi connectivity index (χ2v) is 3.79. The summed E-state index contributed by atoms with van der Waals surface area (Å²) in [6.45, 7) is 1.78. The third kappa shape index (κ3) is 2.46. The monoisotopic (exact) mass is 245 g/mol. The van der Waals surface area contributed by atoms with E-state index in [1.807, 2.05) is 6.07 Å². The Balaban J connectivity index is 2.34. The van der Waals surface area contributed by atoms with E-state index in [1.165, 1.54) is 24.3 Å². The molecule has 2 aromatic carbocycles. The van der Waals surface area contributed by atoms with Gasteiger partial charge in [-0.3, -0.25) is 0 Å². The summed E-state index contributed by atoms with van der Waals surface area (Å²) < 4.78 is 32.1. The van der Waals surface area contributed by atoms with Gasteiger partial charge in [-0.05, 0) is 42.8 Å². The first-order chi connectivity index (χ1) is 8.60. The van der Waals surface area contributed by atoms with Gasteiger partial charge in [-0.1, -0.05) is 6.07 Å². The third-order valence-corrected chi connectivity index (χ3v) is 2.37. The van der Waals surface area contributed by atoms with E-state index in [4.69, 9.17) is 10.00 Å². The summed E-state index contributed by atoms with van der Waals surface area (Å²) in [7, 11) is 0. The van der Waals surface area contributed by atoms with Gasteiger partial charge < -0.3 is 4.74 Å². The molecule has 2 aromatic rings. The predicted molar refractivity (Wildman–Crippen MR) is 62.3 cm³/mol. The third-order valence-electron chi connectivity index (χ3n) is 2.37. The molecule has 0 unspecified atom stereocenters. The van der Waals surface area contributed by atoms with E-state index in [2.05, 4.69) is 0 Å². The molecular weight excluding hydrogens is 236 g/mol. The van der Waals surface area contributed by atoms with Crippen LogP contribution in [0.2, 0.25) is 0 Å². The number of rotatable bonds is 2. The highest BCUT2D eigenvalue weighted by Gasteiger charge is 2.09. The van der Waals surface area contributed by atoms with Crippen LogP contribution < -0.4 is 4.74 Å². The molecule has 18 heavy (non-hydrogen) atoms. The van der Waals surface area contributed by atoms with Gasteiger partial charge in [0, 0.05) is 0 Å². The average molecular weight is 245 g/mol. The second-order valence-electron chi connectivity index (χ2n) is 3.79. The zero-order chi connectivity index (χ0) is 13.1. The Labute approximate surface area is 103 Å². The molecule has 4 heteroatoms. The lowest BCUT2D eigenvalue weighted by molar-refractivity contribution is 0.414. The van der Waals surface area contributed by atoms with Crippen LogP contribution in [0.3, 0.4) is 0 Å². The first-order valence-electron chi connectivity index (χ1n) is 5.24. The highest BCUT2D eigenvalue weighted by Crippen LogP contribution is 2.27. The molecule has 0 aliphatic heterocycles. The highest BCUT2D eigenvalue weighted by molar-refractivity contribution is 5.39. The quantitative estimate of drug-likeness (QED) is 0.802. The van der Waals surface area contributed by atoms with Gasteiger partial charge in [0.1, 0.15) is 0 Å². The van der Waals surface area contributed by atoms with Gasteiger partial charge in [-0.25, -0.2) is 8.78 Å². The van der Waals surface area contributed by atoms with E-state index in [1.54, 1.807) is 13.0 Å². The highest BCUT2D eigenvalue weighted by atomic mass is 19.1. The molecule has 0 amide bonds. The van der Waals surface area contributed by atoms with Gasteiger partial charge in [0.05, 0.1) is 11.6 Å². The van der Waals surface area contributed by atoms with Crippen molar-refractivity contribution in [1.82, 2.24) is 0 Å². The molecule has 0 N–H and O–H groups in total. The van der Waals surface area contributed by atoms with Gasteiger partial charge in [-0.2, -0.15) is 5.26 Å². The van der Waals surface area contributed by atoms with Crippen LogP contribution >= 0.6 is 0 Å². The Hall–Kier alpha value is -2.41. The van der Waals surface area contributed by atoms with Crippen molar-refractivity contribution in [3.05, 3.63) is 59.2 Å². The molecule has 90 valence electrons. The molecule has 0 heterocycles. The minimum atomic E-state index is -0.699. The number of benzene rings is 2. The number of hydrogen-bond donors (Lipinski definition) is 0. The molecule has 0 aliphatic rings. The number of ether oxygens (including phenoxy) is 1. The average Bonchev–Trinajstić information content (AvgIpc) is 2.36. The summed E-state index contributed by atoms with van der Waals surface area (Å²) in [6.07, 6.45) is 0. The first kappa shape index (κ1) is 12.1. The van der Waals surface area contributed by atoms with Crippen LogP contribution in [0.5, 0.6) is 11.5 Å². The zero-order valence-corrected chi connectivity index (χ0v) is 9.58. The van der Waals surface area contributed by atoms with Crippen LogP contribution in [0.4, 0.5) is 8.78 Å². The Morgan fingerprint density at radius 2 is 1.78 bits per heavy atom. The Bertz CT molecular complexity index is 632. The van der Waals surface area contributed by atoms with Crippen molar-refractivity contribution in [2.24, 2.45) is 0 Å². The number of halogens is 2. The van der Waals surface area contributed by atoms with Crippen molar-refractivity contribution in [3.8, 4) is 17.6 Å². The summed E-state index contributed by atoms with van der Waals surface area (Å²) in [6, 6.07) is 9.89. The lowest BCUT2D eigenvalue weighted by Gasteiger charge is -2.08.